The number of benzene rings is 2. The van der Waals surface area contributed by atoms with Crippen LogP contribution in [0.5, 0.6) is 0 Å². The first-order valence-electron chi connectivity index (χ1n) is 42.4. The van der Waals surface area contributed by atoms with Crippen molar-refractivity contribution >= 4 is 150 Å². The Morgan fingerprint density at radius 3 is 1.23 bits per heavy atom. The second-order valence-corrected chi connectivity index (χ2v) is 31.2. The number of H-pyrrole nitrogens is 1. The number of anilines is 8. The fourth-order valence-corrected chi connectivity index (χ4v) is 13.0. The summed E-state index contributed by atoms with van der Waals surface area (Å²) >= 11 is 0. The van der Waals surface area contributed by atoms with Gasteiger partial charge in [-0.3, -0.25) is 52.7 Å². The lowest BCUT2D eigenvalue weighted by atomic mass is 10.0. The molecule has 141 heavy (non-hydrogen) atoms. The van der Waals surface area contributed by atoms with Crippen LogP contribution in [-0.2, 0) is 94.6 Å². The summed E-state index contributed by atoms with van der Waals surface area (Å²) in [6.07, 6.45) is -0.388. The number of carbonyl (C=O) groups is 14. The SMILES string of the molecule is Cn1cc(NC(=O)c2cc(NC(=O)c3cc(NC(=O)c4cc(NC(=O)[C@H]([NH3+])CCNC(=O)c5cc(NC(=O)c6nc(NC(=O)c7nc(NC(=O)c8nccn8C)cn7C)cn6C)cn5C)cn4C)cn3C)cn2C)cc1C(=O)NCCC(=O)NCCCOCCOCCOCCCNc1c2ccccc2[nH+]c2c(C(=O)NCC[NH+](C)C)cccc12.O=C([O-])C(F)(F)F.O=C([O-])C(F)(F)F.O=C([O-])C(F)(F)F. The first kappa shape index (κ1) is 110. The van der Waals surface area contributed by atoms with E-state index in [0.717, 1.165) is 40.5 Å². The third-order valence-electron chi connectivity index (χ3n) is 19.9. The van der Waals surface area contributed by atoms with Crippen LogP contribution >= 0.6 is 0 Å². The molecule has 2 aromatic carbocycles. The Morgan fingerprint density at radius 2 is 0.801 bits per heavy atom. The molecule has 0 aliphatic heterocycles. The molecule has 9 heterocycles. The number of carbonyl (C=O) groups excluding carboxylic acids is 14. The summed E-state index contributed by atoms with van der Waals surface area (Å²) in [5.41, 5.74) is 9.61. The van der Waals surface area contributed by atoms with Crippen molar-refractivity contribution in [1.82, 2.24) is 72.8 Å². The average Bonchev–Trinajstić information content (AvgIpc) is 1.74. The van der Waals surface area contributed by atoms with Crippen molar-refractivity contribution in [3.05, 3.63) is 180 Å². The maximum Gasteiger partial charge on any atom is 0.430 e. The van der Waals surface area contributed by atoms with Gasteiger partial charge < -0.3 is 155 Å². The maximum atomic E-state index is 13.7. The van der Waals surface area contributed by atoms with Crippen LogP contribution in [-0.4, -0.2) is 252 Å². The summed E-state index contributed by atoms with van der Waals surface area (Å²) in [5.74, 6) is -14.1. The number of fused-ring (bicyclic) bond motifs is 2. The Morgan fingerprint density at radius 1 is 0.418 bits per heavy atom. The summed E-state index contributed by atoms with van der Waals surface area (Å²) in [6.45, 7) is 5.13. The highest BCUT2D eigenvalue weighted by Crippen LogP contribution is 2.31. The Bertz CT molecular complexity index is 6300. The smallest absolute Gasteiger partial charge is 0.430 e. The number of quaternary nitrogens is 2. The predicted molar refractivity (Wildman–Crippen MR) is 478 cm³/mol. The summed E-state index contributed by atoms with van der Waals surface area (Å²) in [4.78, 5) is 189. The summed E-state index contributed by atoms with van der Waals surface area (Å²) in [6, 6.07) is 20.3. The molecular weight excluding hydrogens is 1890 g/mol. The molecule has 55 heteroatoms. The fraction of sp³-hybridized carbons (Fsp3) is 0.349. The molecule has 0 fully saturated rings. The molecule has 0 saturated carbocycles. The highest BCUT2D eigenvalue weighted by molar-refractivity contribution is 6.13. The van der Waals surface area contributed by atoms with Crippen molar-refractivity contribution in [2.75, 3.05) is 136 Å². The van der Waals surface area contributed by atoms with Gasteiger partial charge in [-0.2, -0.15) is 39.5 Å². The monoisotopic (exact) mass is 1990 g/mol. The van der Waals surface area contributed by atoms with Gasteiger partial charge >= 0.3 is 18.5 Å². The molecule has 0 aliphatic carbocycles. The van der Waals surface area contributed by atoms with Gasteiger partial charge in [-0.05, 0) is 61.4 Å². The van der Waals surface area contributed by atoms with Gasteiger partial charge in [-0.1, -0.05) is 18.2 Å². The van der Waals surface area contributed by atoms with Gasteiger partial charge in [-0.15, -0.1) is 0 Å². The van der Waals surface area contributed by atoms with E-state index in [1.807, 2.05) is 50.5 Å². The van der Waals surface area contributed by atoms with Gasteiger partial charge in [0.1, 0.15) is 51.9 Å². The van der Waals surface area contributed by atoms with Crippen LogP contribution in [0.15, 0.2) is 129 Å². The number of imidazole rings is 3. The first-order chi connectivity index (χ1) is 66.4. The number of para-hydroxylation sites is 2. The number of nitrogens with zero attached hydrogens (tertiary/aromatic N) is 11. The summed E-state index contributed by atoms with van der Waals surface area (Å²) < 4.78 is 124. The second kappa shape index (κ2) is 50.1. The molecule has 0 saturated heterocycles. The molecule has 0 unspecified atom stereocenters. The van der Waals surface area contributed by atoms with Crippen molar-refractivity contribution in [3.8, 4) is 0 Å². The van der Waals surface area contributed by atoms with Crippen molar-refractivity contribution in [2.24, 2.45) is 56.4 Å². The van der Waals surface area contributed by atoms with E-state index in [2.05, 4.69) is 95.5 Å². The lowest BCUT2D eigenvalue weighted by Crippen LogP contribution is -3.06. The van der Waals surface area contributed by atoms with E-state index < -0.39 is 95.6 Å². The number of likely N-dealkylation sites (N-methyl/N-ethyl adjacent to an activating group) is 1. The zero-order chi connectivity index (χ0) is 104. The number of hydrogen-bond donors (Lipinski definition) is 14. The molecule has 1 atom stereocenters. The molecule has 0 bridgehead atoms. The molecule has 0 aliphatic rings. The summed E-state index contributed by atoms with van der Waals surface area (Å²) in [7, 11) is 17.0. The normalized spacial score (nSPS) is 11.5. The third kappa shape index (κ3) is 32.7. The van der Waals surface area contributed by atoms with Gasteiger partial charge in [0, 0.05) is 170 Å². The number of carboxylic acids is 3. The number of alkyl halides is 9. The molecule has 9 aromatic heterocycles. The van der Waals surface area contributed by atoms with Crippen molar-refractivity contribution in [2.45, 2.75) is 50.3 Å². The number of aliphatic carboxylic acids is 3. The standard InChI is InChI=1S/C80H98N26O14.3C2HF3O2/c1-98(2)28-26-87-71(108)55-18-13-17-54-66(53-16-11-12-19-57(53)93-67(54)55)83-23-15-31-119-33-35-120-34-32-118-30-14-22-82-65(107)21-25-86-74(111)58-36-49(42-100(58)4)89-76(113)61-39-51(44-103(61)7)91-77(114)62-40-50(43-104(62)8)90-75(112)60-38-48(41-102(60)6)88-72(109)56(81)20-24-85-73(110)59-37-52(45-101(59)5)92-79(116)69-94-64(47-105(69)9)97-80(117)70-95-63(46-106(70)10)96-78(115)68-84-27-29-99(68)3;3*3-2(4,5)1(6)7/h11-13,16-19,27,29,36-47,56H,14-15,20-26,28,30-35,81H2,1-10H3,(H,82,107)(H,83,93)(H,85,110)(H,86,111)(H,87,108)(H,88,109)(H,89,113)(H,90,112)(H,91,114)(H,92,116)(H,96,115)(H,97,117);3*(H,6,7)/t56-;;;/m1.../s1. The number of aryl methyl sites for hydroxylation is 8. The minimum absolute atomic E-state index is 0.0379. The fourth-order valence-electron chi connectivity index (χ4n) is 13.0. The van der Waals surface area contributed by atoms with E-state index in [1.165, 1.54) is 92.0 Å². The minimum atomic E-state index is -5.19. The topological polar surface area (TPSA) is 605 Å². The number of ether oxygens (including phenoxy) is 3. The molecular formula is C86H101F9N26O20. The first-order valence-corrected chi connectivity index (χ1v) is 42.4. The van der Waals surface area contributed by atoms with Gasteiger partial charge in [0.25, 0.3) is 59.1 Å². The van der Waals surface area contributed by atoms with E-state index in [-0.39, 0.29) is 107 Å². The van der Waals surface area contributed by atoms with Gasteiger partial charge in [0.2, 0.25) is 28.6 Å². The molecule has 11 aromatic rings. The Kier molecular flexibility index (Phi) is 39.1. The molecule has 46 nitrogen and oxygen atoms in total. The number of halogens is 9. The number of hydrogen-bond acceptors (Lipinski definition) is 24. The predicted octanol–water partition coefficient (Wildman–Crippen LogP) is -0.469. The van der Waals surface area contributed by atoms with Gasteiger partial charge in [0.05, 0.1) is 98.5 Å². The number of aromatic amines is 1. The van der Waals surface area contributed by atoms with Crippen LogP contribution in [0, 0.1) is 0 Å². The van der Waals surface area contributed by atoms with E-state index in [9.17, 15) is 92.3 Å². The van der Waals surface area contributed by atoms with Crippen LogP contribution < -0.4 is 94.7 Å². The van der Waals surface area contributed by atoms with Crippen LogP contribution in [0.4, 0.5) is 85.3 Å². The highest BCUT2D eigenvalue weighted by Gasteiger charge is 2.33. The average molecular weight is 1990 g/mol. The number of rotatable bonds is 41. The lowest BCUT2D eigenvalue weighted by molar-refractivity contribution is -0.856. The van der Waals surface area contributed by atoms with E-state index >= 15 is 0 Å². The molecule has 0 radical (unpaired) electrons. The zero-order valence-corrected chi connectivity index (χ0v) is 77.2. The molecule has 11 amide bonds. The Labute approximate surface area is 794 Å². The maximum absolute atomic E-state index is 13.7. The van der Waals surface area contributed by atoms with Crippen molar-refractivity contribution in [1.29, 1.82) is 0 Å². The molecule has 17 N–H and O–H groups in total. The highest BCUT2D eigenvalue weighted by atomic mass is 19.4. The second-order valence-electron chi connectivity index (χ2n) is 31.2. The van der Waals surface area contributed by atoms with E-state index in [4.69, 9.17) is 43.9 Å². The van der Waals surface area contributed by atoms with E-state index in [0.29, 0.717) is 88.3 Å². The summed E-state index contributed by atoms with van der Waals surface area (Å²) in [5, 5.41) is 62.4. The number of nitrogens with one attached hydrogen (secondary N) is 14. The number of aromatic nitrogens is 12. The van der Waals surface area contributed by atoms with Crippen molar-refractivity contribution in [3.63, 3.8) is 0 Å². The largest absolute Gasteiger partial charge is 0.542 e. The van der Waals surface area contributed by atoms with Crippen LogP contribution in [0.25, 0.3) is 21.8 Å². The van der Waals surface area contributed by atoms with E-state index in [1.54, 1.807) is 91.9 Å². The van der Waals surface area contributed by atoms with Gasteiger partial charge in [0.15, 0.2) is 23.5 Å². The quantitative estimate of drug-likeness (QED) is 0.0131. The van der Waals surface area contributed by atoms with Crippen LogP contribution in [0.2, 0.25) is 0 Å². The minimum Gasteiger partial charge on any atom is -0.542 e. The third-order valence-corrected chi connectivity index (χ3v) is 19.9. The zero-order valence-electron chi connectivity index (χ0n) is 77.2. The van der Waals surface area contributed by atoms with Crippen LogP contribution in [0.3, 0.4) is 0 Å². The molecule has 11 rings (SSSR count). The number of carboxylic acid groups (broad SMARTS) is 3. The number of pyridine rings is 1. The Hall–Kier alpha value is -16.3. The molecule has 0 spiro atoms. The van der Waals surface area contributed by atoms with Crippen molar-refractivity contribution < 1.29 is 152 Å². The number of amides is 11. The lowest BCUT2D eigenvalue weighted by Gasteiger charge is -2.13. The Balaban J connectivity index is 0.00000104. The van der Waals surface area contributed by atoms with Gasteiger partial charge in [-0.25, -0.2) is 19.9 Å². The molecule has 758 valence electrons. The van der Waals surface area contributed by atoms with Crippen LogP contribution in [0.1, 0.15) is 120 Å².